The number of likely N-dealkylation sites (N-methyl/N-ethyl adjacent to an activating group) is 1. The largest absolute Gasteiger partial charge is 0.480 e. The molecule has 1 fully saturated rings. The Morgan fingerprint density at radius 2 is 2.05 bits per heavy atom. The molecule has 0 aromatic heterocycles. The molecule has 0 radical (unpaired) electrons. The van der Waals surface area contributed by atoms with E-state index in [0.29, 0.717) is 19.6 Å². The van der Waals surface area contributed by atoms with Crippen LogP contribution in [0.5, 0.6) is 0 Å². The summed E-state index contributed by atoms with van der Waals surface area (Å²) in [4.78, 5) is 26.1. The van der Waals surface area contributed by atoms with Crippen molar-refractivity contribution in [2.24, 2.45) is 0 Å². The number of hydrogen-bond acceptors (Lipinski definition) is 4. The summed E-state index contributed by atoms with van der Waals surface area (Å²) >= 11 is 0. The van der Waals surface area contributed by atoms with Crippen molar-refractivity contribution in [2.75, 3.05) is 46.4 Å². The molecule has 1 saturated heterocycles. The van der Waals surface area contributed by atoms with Gasteiger partial charge in [0.1, 0.15) is 6.61 Å². The van der Waals surface area contributed by atoms with Gasteiger partial charge in [-0.3, -0.25) is 4.90 Å². The molecule has 2 amide bonds. The normalized spacial score (nSPS) is 19.2. The number of carboxylic acids is 1. The lowest BCUT2D eigenvalue weighted by Gasteiger charge is -2.45. The van der Waals surface area contributed by atoms with Gasteiger partial charge in [-0.15, -0.1) is 0 Å². The standard InChI is InChI=1S/C12H23N3O4/c1-12(2)9-15(6-5-14(12)3)11(18)13-4-7-19-8-10(16)17/h4-9H2,1-3H3,(H,13,18)(H,16,17). The van der Waals surface area contributed by atoms with Crippen molar-refractivity contribution in [2.45, 2.75) is 19.4 Å². The van der Waals surface area contributed by atoms with Gasteiger partial charge < -0.3 is 20.1 Å². The van der Waals surface area contributed by atoms with Crippen molar-refractivity contribution in [3.05, 3.63) is 0 Å². The molecule has 7 nitrogen and oxygen atoms in total. The number of hydrogen-bond donors (Lipinski definition) is 2. The van der Waals surface area contributed by atoms with Crippen LogP contribution < -0.4 is 5.32 Å². The molecule has 0 atom stereocenters. The molecule has 0 bridgehead atoms. The van der Waals surface area contributed by atoms with Crippen molar-refractivity contribution < 1.29 is 19.4 Å². The minimum absolute atomic E-state index is 0.0323. The minimum Gasteiger partial charge on any atom is -0.480 e. The fourth-order valence-corrected chi connectivity index (χ4v) is 1.91. The number of nitrogens with one attached hydrogen (secondary N) is 1. The molecule has 1 aliphatic heterocycles. The van der Waals surface area contributed by atoms with Gasteiger partial charge in [-0.1, -0.05) is 0 Å². The number of rotatable bonds is 5. The molecule has 19 heavy (non-hydrogen) atoms. The first-order valence-corrected chi connectivity index (χ1v) is 6.36. The highest BCUT2D eigenvalue weighted by Gasteiger charge is 2.32. The first kappa shape index (κ1) is 15.7. The monoisotopic (exact) mass is 273 g/mol. The van der Waals surface area contributed by atoms with E-state index in [1.807, 2.05) is 0 Å². The molecular weight excluding hydrogens is 250 g/mol. The van der Waals surface area contributed by atoms with Crippen molar-refractivity contribution in [3.63, 3.8) is 0 Å². The van der Waals surface area contributed by atoms with Crippen molar-refractivity contribution >= 4 is 12.0 Å². The highest BCUT2D eigenvalue weighted by Crippen LogP contribution is 2.18. The second kappa shape index (κ2) is 6.72. The number of piperazine rings is 1. The second-order valence-electron chi connectivity index (χ2n) is 5.33. The highest BCUT2D eigenvalue weighted by atomic mass is 16.5. The van der Waals surface area contributed by atoms with Gasteiger partial charge in [-0.2, -0.15) is 0 Å². The molecule has 0 unspecified atom stereocenters. The summed E-state index contributed by atoms with van der Waals surface area (Å²) in [6.45, 7) is 6.60. The van der Waals surface area contributed by atoms with E-state index in [4.69, 9.17) is 9.84 Å². The van der Waals surface area contributed by atoms with E-state index in [9.17, 15) is 9.59 Å². The molecular formula is C12H23N3O4. The summed E-state index contributed by atoms with van der Waals surface area (Å²) in [5.41, 5.74) is -0.0323. The fourth-order valence-electron chi connectivity index (χ4n) is 1.91. The Bertz CT molecular complexity index is 333. The third-order valence-corrected chi connectivity index (χ3v) is 3.35. The van der Waals surface area contributed by atoms with Gasteiger partial charge in [0.2, 0.25) is 0 Å². The number of urea groups is 1. The summed E-state index contributed by atoms with van der Waals surface area (Å²) in [7, 11) is 2.05. The summed E-state index contributed by atoms with van der Waals surface area (Å²) < 4.78 is 4.85. The summed E-state index contributed by atoms with van der Waals surface area (Å²) in [6.07, 6.45) is 0. The Labute approximate surface area is 113 Å². The maximum atomic E-state index is 11.9. The molecule has 0 aliphatic carbocycles. The Morgan fingerprint density at radius 1 is 1.37 bits per heavy atom. The number of aliphatic carboxylic acids is 1. The quantitative estimate of drug-likeness (QED) is 0.679. The molecule has 110 valence electrons. The number of nitrogens with zero attached hydrogens (tertiary/aromatic N) is 2. The number of amides is 2. The number of carboxylic acid groups (broad SMARTS) is 1. The van der Waals surface area contributed by atoms with Gasteiger partial charge in [0.15, 0.2) is 0 Å². The molecule has 0 spiro atoms. The van der Waals surface area contributed by atoms with E-state index >= 15 is 0 Å². The Kier molecular flexibility index (Phi) is 5.56. The number of carbonyl (C=O) groups excluding carboxylic acids is 1. The summed E-state index contributed by atoms with van der Waals surface area (Å²) in [5.74, 6) is -1.01. The van der Waals surface area contributed by atoms with Crippen LogP contribution in [0.15, 0.2) is 0 Å². The smallest absolute Gasteiger partial charge is 0.329 e. The summed E-state index contributed by atoms with van der Waals surface area (Å²) in [6, 6.07) is -0.125. The van der Waals surface area contributed by atoms with Crippen molar-refractivity contribution in [1.29, 1.82) is 0 Å². The average molecular weight is 273 g/mol. The van der Waals surface area contributed by atoms with Crippen LogP contribution in [-0.2, 0) is 9.53 Å². The van der Waals surface area contributed by atoms with Gasteiger partial charge >= 0.3 is 12.0 Å². The molecule has 1 rings (SSSR count). The predicted octanol–water partition coefficient (Wildman–Crippen LogP) is -0.177. The lowest BCUT2D eigenvalue weighted by atomic mass is 10.0. The van der Waals surface area contributed by atoms with Crippen LogP contribution in [0.25, 0.3) is 0 Å². The lowest BCUT2D eigenvalue weighted by molar-refractivity contribution is -0.142. The Hall–Kier alpha value is -1.34. The molecule has 1 heterocycles. The zero-order valence-corrected chi connectivity index (χ0v) is 11.8. The van der Waals surface area contributed by atoms with Crippen molar-refractivity contribution in [3.8, 4) is 0 Å². The first-order valence-electron chi connectivity index (χ1n) is 6.36. The molecule has 0 saturated carbocycles. The van der Waals surface area contributed by atoms with E-state index in [1.165, 1.54) is 0 Å². The average Bonchev–Trinajstić information content (AvgIpc) is 2.31. The lowest BCUT2D eigenvalue weighted by Crippen LogP contribution is -2.60. The van der Waals surface area contributed by atoms with Gasteiger partial charge in [-0.25, -0.2) is 9.59 Å². The fraction of sp³-hybridized carbons (Fsp3) is 0.833. The topological polar surface area (TPSA) is 82.1 Å². The maximum Gasteiger partial charge on any atom is 0.329 e. The van der Waals surface area contributed by atoms with Crippen LogP contribution in [0.1, 0.15) is 13.8 Å². The van der Waals surface area contributed by atoms with Crippen LogP contribution in [-0.4, -0.2) is 78.9 Å². The van der Waals surface area contributed by atoms with Crippen LogP contribution in [0.2, 0.25) is 0 Å². The third kappa shape index (κ3) is 5.04. The molecule has 2 N–H and O–H groups in total. The zero-order valence-electron chi connectivity index (χ0n) is 11.8. The van der Waals surface area contributed by atoms with Crippen LogP contribution in [0, 0.1) is 0 Å². The van der Waals surface area contributed by atoms with Gasteiger partial charge in [-0.05, 0) is 20.9 Å². The van der Waals surface area contributed by atoms with Crippen LogP contribution >= 0.6 is 0 Å². The Morgan fingerprint density at radius 3 is 2.63 bits per heavy atom. The molecule has 0 aromatic carbocycles. The maximum absolute atomic E-state index is 11.9. The SMILES string of the molecule is CN1CCN(C(=O)NCCOCC(=O)O)CC1(C)C. The van der Waals surface area contributed by atoms with Gasteiger partial charge in [0.05, 0.1) is 6.61 Å². The second-order valence-corrected chi connectivity index (χ2v) is 5.33. The van der Waals surface area contributed by atoms with E-state index in [-0.39, 0.29) is 24.8 Å². The van der Waals surface area contributed by atoms with E-state index < -0.39 is 5.97 Å². The molecule has 1 aliphatic rings. The number of ether oxygens (including phenoxy) is 1. The van der Waals surface area contributed by atoms with E-state index in [0.717, 1.165) is 6.54 Å². The van der Waals surface area contributed by atoms with Gasteiger partial charge in [0, 0.05) is 31.7 Å². The van der Waals surface area contributed by atoms with E-state index in [1.54, 1.807) is 4.90 Å². The third-order valence-electron chi connectivity index (χ3n) is 3.35. The van der Waals surface area contributed by atoms with Crippen molar-refractivity contribution in [1.82, 2.24) is 15.1 Å². The first-order chi connectivity index (χ1) is 8.83. The van der Waals surface area contributed by atoms with Crippen LogP contribution in [0.3, 0.4) is 0 Å². The summed E-state index contributed by atoms with van der Waals surface area (Å²) in [5, 5.41) is 11.1. The minimum atomic E-state index is -1.01. The van der Waals surface area contributed by atoms with E-state index in [2.05, 4.69) is 31.1 Å². The highest BCUT2D eigenvalue weighted by molar-refractivity contribution is 5.74. The van der Waals surface area contributed by atoms with Crippen LogP contribution in [0.4, 0.5) is 4.79 Å². The van der Waals surface area contributed by atoms with Gasteiger partial charge in [0.25, 0.3) is 0 Å². The molecule has 7 heteroatoms. The Balaban J connectivity index is 2.25. The molecule has 0 aromatic rings. The predicted molar refractivity (Wildman–Crippen MR) is 70.1 cm³/mol. The zero-order chi connectivity index (χ0) is 14.5. The number of carbonyl (C=O) groups is 2.